The van der Waals surface area contributed by atoms with Crippen molar-refractivity contribution in [3.8, 4) is 0 Å². The molecule has 148 valence electrons. The third-order valence-corrected chi connectivity index (χ3v) is 13.2. The molecule has 0 spiro atoms. The van der Waals surface area contributed by atoms with Crippen molar-refractivity contribution in [3.05, 3.63) is 35.9 Å². The van der Waals surface area contributed by atoms with Crippen LogP contribution in [0.5, 0.6) is 0 Å². The van der Waals surface area contributed by atoms with E-state index in [0.717, 1.165) is 5.56 Å². The van der Waals surface area contributed by atoms with Gasteiger partial charge in [-0.2, -0.15) is 0 Å². The van der Waals surface area contributed by atoms with Gasteiger partial charge in [0.05, 0.1) is 0 Å². The molecule has 0 bridgehead atoms. The van der Waals surface area contributed by atoms with Crippen LogP contribution in [0.4, 0.5) is 4.79 Å². The highest BCUT2D eigenvalue weighted by atomic mass is 33.1. The predicted molar refractivity (Wildman–Crippen MR) is 116 cm³/mol. The van der Waals surface area contributed by atoms with Gasteiger partial charge in [0.15, 0.2) is 0 Å². The van der Waals surface area contributed by atoms with E-state index in [2.05, 4.69) is 19.2 Å². The highest BCUT2D eigenvalue weighted by Crippen LogP contribution is 2.74. The van der Waals surface area contributed by atoms with Gasteiger partial charge in [-0.3, -0.25) is 4.57 Å². The van der Waals surface area contributed by atoms with E-state index < -0.39 is 17.4 Å². The predicted octanol–water partition coefficient (Wildman–Crippen LogP) is 6.76. The van der Waals surface area contributed by atoms with Crippen LogP contribution in [0.25, 0.3) is 0 Å². The summed E-state index contributed by atoms with van der Waals surface area (Å²) in [7, 11) is 0. The lowest BCUT2D eigenvalue weighted by atomic mass is 10.1. The van der Waals surface area contributed by atoms with Crippen molar-refractivity contribution in [3.63, 3.8) is 0 Å². The average molecular weight is 418 g/mol. The lowest BCUT2D eigenvalue weighted by molar-refractivity contribution is 0.137. The van der Waals surface area contributed by atoms with E-state index in [1.807, 2.05) is 58.0 Å². The number of hydrogen-bond donors (Lipinski definition) is 1. The Morgan fingerprint density at radius 2 is 1.58 bits per heavy atom. The lowest BCUT2D eigenvalue weighted by Gasteiger charge is -2.30. The van der Waals surface area contributed by atoms with E-state index in [1.54, 1.807) is 0 Å². The Kier molecular flexibility index (Phi) is 10.2. The zero-order valence-electron chi connectivity index (χ0n) is 16.6. The number of carbonyl (C=O) groups excluding carboxylic acids is 1. The van der Waals surface area contributed by atoms with E-state index in [1.165, 1.54) is 22.8 Å². The van der Waals surface area contributed by atoms with Gasteiger partial charge in [-0.15, -0.1) is 0 Å². The molecule has 1 N–H and O–H groups in total. The molecule has 1 aromatic rings. The molecule has 0 aromatic heterocycles. The molecular formula is C19H32NO3PS2. The van der Waals surface area contributed by atoms with Crippen molar-refractivity contribution in [2.24, 2.45) is 5.92 Å². The monoisotopic (exact) mass is 417 g/mol. The minimum absolute atomic E-state index is 0.208. The van der Waals surface area contributed by atoms with Crippen LogP contribution in [0.2, 0.25) is 0 Å². The molecule has 0 heterocycles. The van der Waals surface area contributed by atoms with Crippen LogP contribution in [0, 0.1) is 5.92 Å². The Morgan fingerprint density at radius 1 is 1.04 bits per heavy atom. The van der Waals surface area contributed by atoms with Crippen molar-refractivity contribution >= 4 is 34.4 Å². The van der Waals surface area contributed by atoms with Gasteiger partial charge in [0, 0.05) is 10.5 Å². The molecule has 0 saturated heterocycles. The normalized spacial score (nSPS) is 13.3. The van der Waals surface area contributed by atoms with Crippen LogP contribution >= 0.6 is 28.3 Å². The molecule has 1 rings (SSSR count). The number of ether oxygens (including phenoxy) is 1. The fourth-order valence-corrected chi connectivity index (χ4v) is 13.8. The third-order valence-electron chi connectivity index (χ3n) is 3.29. The summed E-state index contributed by atoms with van der Waals surface area (Å²) in [6, 6.07) is 9.56. The zero-order valence-corrected chi connectivity index (χ0v) is 19.1. The molecule has 1 amide bonds. The molecule has 0 saturated carbocycles. The summed E-state index contributed by atoms with van der Waals surface area (Å²) in [6.07, 6.45) is 0.158. The van der Waals surface area contributed by atoms with Gasteiger partial charge in [-0.1, -0.05) is 94.6 Å². The van der Waals surface area contributed by atoms with Crippen molar-refractivity contribution in [2.45, 2.75) is 70.9 Å². The highest BCUT2D eigenvalue weighted by molar-refractivity contribution is 8.91. The molecule has 0 aliphatic heterocycles. The first-order valence-electron chi connectivity index (χ1n) is 9.06. The van der Waals surface area contributed by atoms with Crippen LogP contribution in [-0.2, 0) is 15.9 Å². The van der Waals surface area contributed by atoms with E-state index >= 15 is 0 Å². The molecule has 1 unspecified atom stereocenters. The van der Waals surface area contributed by atoms with Gasteiger partial charge < -0.3 is 10.1 Å². The SMILES string of the molecule is CC(C)CC(NC(=O)OCc1ccccc1)P(=O)(SC(C)C)SC(C)C. The quantitative estimate of drug-likeness (QED) is 0.426. The van der Waals surface area contributed by atoms with Gasteiger partial charge in [0.2, 0.25) is 5.55 Å². The minimum atomic E-state index is -2.72. The van der Waals surface area contributed by atoms with E-state index in [9.17, 15) is 9.36 Å². The largest absolute Gasteiger partial charge is 0.445 e. The molecule has 4 nitrogen and oxygen atoms in total. The second kappa shape index (κ2) is 11.3. The second-order valence-electron chi connectivity index (χ2n) is 7.20. The summed E-state index contributed by atoms with van der Waals surface area (Å²) in [5.74, 6) is -0.0751. The maximum atomic E-state index is 13.7. The number of carbonyl (C=O) groups is 1. The number of rotatable bonds is 10. The van der Waals surface area contributed by atoms with E-state index in [0.29, 0.717) is 12.3 Å². The van der Waals surface area contributed by atoms with E-state index in [4.69, 9.17) is 4.74 Å². The topological polar surface area (TPSA) is 55.4 Å². The van der Waals surface area contributed by atoms with Crippen LogP contribution in [0.3, 0.4) is 0 Å². The van der Waals surface area contributed by atoms with Crippen LogP contribution in [0.15, 0.2) is 30.3 Å². The average Bonchev–Trinajstić information content (AvgIpc) is 2.51. The van der Waals surface area contributed by atoms with Gasteiger partial charge in [0.25, 0.3) is 0 Å². The van der Waals surface area contributed by atoms with Crippen LogP contribution in [-0.4, -0.2) is 22.4 Å². The Balaban J connectivity index is 2.85. The number of benzene rings is 1. The summed E-state index contributed by atoms with van der Waals surface area (Å²) < 4.78 is 19.1. The van der Waals surface area contributed by atoms with Crippen LogP contribution < -0.4 is 5.32 Å². The molecule has 26 heavy (non-hydrogen) atoms. The lowest BCUT2D eigenvalue weighted by Crippen LogP contribution is -2.35. The summed E-state index contributed by atoms with van der Waals surface area (Å²) in [5, 5.41) is 3.36. The molecule has 0 fully saturated rings. The first-order valence-corrected chi connectivity index (χ1v) is 13.8. The smallest absolute Gasteiger partial charge is 0.408 e. The molecule has 0 aliphatic carbocycles. The Morgan fingerprint density at radius 3 is 2.04 bits per heavy atom. The Bertz CT molecular complexity index is 580. The van der Waals surface area contributed by atoms with Gasteiger partial charge in [-0.05, 0) is 17.9 Å². The molecular weight excluding hydrogens is 385 g/mol. The number of nitrogens with one attached hydrogen (secondary N) is 1. The van der Waals surface area contributed by atoms with Crippen molar-refractivity contribution in [1.29, 1.82) is 0 Å². The first kappa shape index (κ1) is 23.5. The standard InChI is InChI=1S/C19H32NO3PS2/c1-14(2)12-18(24(22,25-15(3)4)26-16(5)6)20-19(21)23-13-17-10-8-7-9-11-17/h7-11,14-16,18H,12-13H2,1-6H3,(H,20,21). The molecule has 0 radical (unpaired) electrons. The first-order chi connectivity index (χ1) is 12.1. The highest BCUT2D eigenvalue weighted by Gasteiger charge is 2.38. The summed E-state index contributed by atoms with van der Waals surface area (Å²) in [6.45, 7) is 12.5. The number of amides is 1. The van der Waals surface area contributed by atoms with Gasteiger partial charge in [0.1, 0.15) is 12.4 Å². The third kappa shape index (κ3) is 8.88. The van der Waals surface area contributed by atoms with Gasteiger partial charge in [-0.25, -0.2) is 4.79 Å². The summed E-state index contributed by atoms with van der Waals surface area (Å²) >= 11 is 2.97. The maximum absolute atomic E-state index is 13.7. The van der Waals surface area contributed by atoms with Gasteiger partial charge >= 0.3 is 6.09 Å². The maximum Gasteiger partial charge on any atom is 0.408 e. The Labute approximate surface area is 166 Å². The number of hydrogen-bond acceptors (Lipinski definition) is 5. The number of alkyl carbamates (subject to hydrolysis) is 1. The fourth-order valence-electron chi connectivity index (χ4n) is 2.37. The summed E-state index contributed by atoms with van der Waals surface area (Å²) in [4.78, 5) is 12.4. The molecule has 1 atom stereocenters. The zero-order chi connectivity index (χ0) is 19.7. The Hall–Kier alpha value is -0.580. The summed E-state index contributed by atoms with van der Waals surface area (Å²) in [5.41, 5.74) is -1.79. The van der Waals surface area contributed by atoms with Crippen LogP contribution in [0.1, 0.15) is 53.5 Å². The second-order valence-corrected chi connectivity index (χ2v) is 16.4. The van der Waals surface area contributed by atoms with Crippen molar-refractivity contribution in [2.75, 3.05) is 0 Å². The minimum Gasteiger partial charge on any atom is -0.445 e. The molecule has 1 aromatic carbocycles. The fraction of sp³-hybridized carbons (Fsp3) is 0.632. The molecule has 7 heteroatoms. The van der Waals surface area contributed by atoms with E-state index in [-0.39, 0.29) is 17.1 Å². The van der Waals surface area contributed by atoms with Crippen molar-refractivity contribution in [1.82, 2.24) is 5.32 Å². The molecule has 0 aliphatic rings. The van der Waals surface area contributed by atoms with Crippen molar-refractivity contribution < 1.29 is 14.1 Å².